The first kappa shape index (κ1) is 45.1. The highest BCUT2D eigenvalue weighted by Gasteiger charge is 2.55. The summed E-state index contributed by atoms with van der Waals surface area (Å²) in [4.78, 5) is 27.2. The Morgan fingerprint density at radius 1 is 0.857 bits per heavy atom. The number of rotatable bonds is 15. The fraction of sp³-hybridized carbons (Fsp3) is 0.348. The maximum atomic E-state index is 13.3. The van der Waals surface area contributed by atoms with E-state index in [1.165, 1.54) is 17.7 Å². The summed E-state index contributed by atoms with van der Waals surface area (Å²) in [5.41, 5.74) is -0.0549. The minimum absolute atomic E-state index is 0.0332. The smallest absolute Gasteiger partial charge is 0.256 e. The first-order valence-electron chi connectivity index (χ1n) is 20.7. The van der Waals surface area contributed by atoms with Crippen LogP contribution in [0.4, 0.5) is 5.82 Å². The fourth-order valence-electron chi connectivity index (χ4n) is 7.56. The topological polar surface area (TPSA) is 137 Å². The van der Waals surface area contributed by atoms with Crippen molar-refractivity contribution < 1.29 is 37.2 Å². The standard InChI is InChI=1S/C46H52N5O8PS2Si/c1-45(2,3)63(6,7)59-40-39(58-60(61)56-26-27-62-60)37(57-44(40)51-30-49-38-41(47-29-48-42(38)51)50-43(52)31-14-10-8-11-15-31)28-55-46(32-16-12-9-13-17-32,33-18-22-35(53-4)23-19-33)34-20-24-36(54-5)25-21-34/h8-25,29-30,37,39-40,44H,26-28H2,1-7H3,(H,47,48,50,52)/t37-,39-,40-,44-,60+/m1/s1. The SMILES string of the molecule is COc1ccc(C(OC[C@H]2O[C@@H](n3cnc4c(NC(=O)c5ccccc5)ncnc43)[C@H](O[Si](C)(C)C(C)(C)C)[C@@H]2O[P@]2(=S)OCCS2)(c2ccccc2)c2ccc(OC)cc2)cc1. The lowest BCUT2D eigenvalue weighted by molar-refractivity contribution is -0.0918. The molecule has 1 N–H and O–H groups in total. The third-order valence-electron chi connectivity index (χ3n) is 11.9. The monoisotopic (exact) mass is 925 g/mol. The van der Waals surface area contributed by atoms with Crippen LogP contribution in [-0.4, -0.2) is 85.2 Å². The quantitative estimate of drug-likeness (QED) is 0.0595. The molecule has 0 radical (unpaired) electrons. The van der Waals surface area contributed by atoms with Crippen LogP contribution < -0.4 is 14.8 Å². The number of fused-ring (bicyclic) bond motifs is 1. The van der Waals surface area contributed by atoms with Crippen molar-refractivity contribution in [2.45, 2.75) is 69.0 Å². The number of carbonyl (C=O) groups excluding carboxylic acids is 1. The Labute approximate surface area is 378 Å². The molecule has 0 aliphatic carbocycles. The summed E-state index contributed by atoms with van der Waals surface area (Å²) in [6, 6.07) is 34.8. The molecule has 63 heavy (non-hydrogen) atoms. The molecule has 6 aromatic rings. The molecular formula is C46H52N5O8PS2Si. The van der Waals surface area contributed by atoms with Gasteiger partial charge in [-0.25, -0.2) is 15.0 Å². The van der Waals surface area contributed by atoms with E-state index in [1.807, 2.05) is 77.4 Å². The van der Waals surface area contributed by atoms with E-state index in [-0.39, 0.29) is 23.4 Å². The fourth-order valence-corrected chi connectivity index (χ4v) is 13.4. The zero-order chi connectivity index (χ0) is 44.4. The Bertz CT molecular complexity index is 2510. The third-order valence-corrected chi connectivity index (χ3v) is 21.6. The number of hydrogen-bond donors (Lipinski definition) is 1. The number of nitrogens with one attached hydrogen (secondary N) is 1. The molecule has 13 nitrogen and oxygen atoms in total. The van der Waals surface area contributed by atoms with Gasteiger partial charge in [0, 0.05) is 11.3 Å². The van der Waals surface area contributed by atoms with Crippen LogP contribution in [0, 0.1) is 0 Å². The molecule has 2 aliphatic heterocycles. The van der Waals surface area contributed by atoms with Crippen molar-refractivity contribution in [2.24, 2.45) is 0 Å². The molecule has 2 saturated heterocycles. The van der Waals surface area contributed by atoms with Crippen molar-refractivity contribution in [3.8, 4) is 11.5 Å². The first-order chi connectivity index (χ1) is 30.2. The van der Waals surface area contributed by atoms with Crippen molar-refractivity contribution in [1.82, 2.24) is 19.5 Å². The van der Waals surface area contributed by atoms with Gasteiger partial charge in [-0.05, 0) is 83.0 Å². The summed E-state index contributed by atoms with van der Waals surface area (Å²) >= 11 is 7.68. The summed E-state index contributed by atoms with van der Waals surface area (Å²) in [6.45, 7) is 11.5. The minimum atomic E-state index is -2.84. The number of nitrogens with zero attached hydrogens (tertiary/aromatic N) is 4. The van der Waals surface area contributed by atoms with Gasteiger partial charge in [0.05, 0.1) is 33.8 Å². The lowest BCUT2D eigenvalue weighted by Crippen LogP contribution is -2.49. The van der Waals surface area contributed by atoms with Crippen LogP contribution in [0.25, 0.3) is 11.2 Å². The van der Waals surface area contributed by atoms with Crippen LogP contribution in [0.1, 0.15) is 54.0 Å². The van der Waals surface area contributed by atoms with Crippen molar-refractivity contribution in [1.29, 1.82) is 0 Å². The summed E-state index contributed by atoms with van der Waals surface area (Å²) in [6.07, 6.45) is 0.0127. The molecule has 0 bridgehead atoms. The molecule has 0 unspecified atom stereocenters. The van der Waals surface area contributed by atoms with Crippen molar-refractivity contribution in [3.63, 3.8) is 0 Å². The predicted molar refractivity (Wildman–Crippen MR) is 252 cm³/mol. The molecule has 4 heterocycles. The van der Waals surface area contributed by atoms with Gasteiger partial charge in [-0.15, -0.1) is 0 Å². The molecule has 330 valence electrons. The highest BCUT2D eigenvalue weighted by molar-refractivity contribution is 8.68. The van der Waals surface area contributed by atoms with E-state index in [1.54, 1.807) is 44.8 Å². The molecule has 17 heteroatoms. The molecule has 2 aromatic heterocycles. The average molecular weight is 926 g/mol. The number of carbonyl (C=O) groups is 1. The minimum Gasteiger partial charge on any atom is -0.497 e. The summed E-state index contributed by atoms with van der Waals surface area (Å²) in [7, 11) is 0.727. The van der Waals surface area contributed by atoms with Gasteiger partial charge in [0.25, 0.3) is 5.91 Å². The Kier molecular flexibility index (Phi) is 13.3. The Hall–Kier alpha value is -4.48. The van der Waals surface area contributed by atoms with Gasteiger partial charge in [0.2, 0.25) is 5.69 Å². The van der Waals surface area contributed by atoms with E-state index in [4.69, 9.17) is 49.2 Å². The van der Waals surface area contributed by atoms with Crippen LogP contribution in [0.15, 0.2) is 122 Å². The molecule has 2 fully saturated rings. The predicted octanol–water partition coefficient (Wildman–Crippen LogP) is 9.77. The second-order valence-corrected chi connectivity index (χ2v) is 27.9. The van der Waals surface area contributed by atoms with Crippen molar-refractivity contribution in [2.75, 3.05) is 38.5 Å². The van der Waals surface area contributed by atoms with Crippen LogP contribution in [0.3, 0.4) is 0 Å². The van der Waals surface area contributed by atoms with Gasteiger partial charge < -0.3 is 37.7 Å². The summed E-state index contributed by atoms with van der Waals surface area (Å²) in [5.74, 6) is 2.08. The maximum Gasteiger partial charge on any atom is 0.256 e. The van der Waals surface area contributed by atoms with E-state index >= 15 is 0 Å². The van der Waals surface area contributed by atoms with E-state index < -0.39 is 44.2 Å². The number of methoxy groups -OCH3 is 2. The molecule has 5 atom stereocenters. The number of ether oxygens (including phenoxy) is 4. The van der Waals surface area contributed by atoms with Gasteiger partial charge in [-0.3, -0.25) is 9.36 Å². The van der Waals surface area contributed by atoms with Gasteiger partial charge in [-0.2, -0.15) is 0 Å². The highest BCUT2D eigenvalue weighted by atomic mass is 32.9. The Balaban J connectivity index is 1.25. The number of imidazole rings is 1. The van der Waals surface area contributed by atoms with Crippen molar-refractivity contribution >= 4 is 60.1 Å². The average Bonchev–Trinajstić information content (AvgIpc) is 4.02. The number of amides is 1. The second-order valence-electron chi connectivity index (χ2n) is 16.8. The van der Waals surface area contributed by atoms with E-state index in [2.05, 4.69) is 61.3 Å². The van der Waals surface area contributed by atoms with Crippen LogP contribution in [-0.2, 0) is 40.4 Å². The molecule has 1 amide bonds. The number of benzene rings is 4. The molecule has 8 rings (SSSR count). The lowest BCUT2D eigenvalue weighted by atomic mass is 9.80. The maximum absolute atomic E-state index is 13.3. The number of aromatic nitrogens is 4. The molecule has 4 aromatic carbocycles. The van der Waals surface area contributed by atoms with E-state index in [0.29, 0.717) is 34.8 Å². The number of anilines is 1. The molecular weight excluding hydrogens is 874 g/mol. The van der Waals surface area contributed by atoms with Gasteiger partial charge >= 0.3 is 0 Å². The van der Waals surface area contributed by atoms with Gasteiger partial charge in [0.1, 0.15) is 41.7 Å². The zero-order valence-corrected chi connectivity index (χ0v) is 39.8. The van der Waals surface area contributed by atoms with Crippen molar-refractivity contribution in [3.05, 3.63) is 144 Å². The van der Waals surface area contributed by atoms with Crippen LogP contribution in [0.5, 0.6) is 11.5 Å². The van der Waals surface area contributed by atoms with E-state index in [9.17, 15) is 4.79 Å². The molecule has 2 aliphatic rings. The van der Waals surface area contributed by atoms with E-state index in [0.717, 1.165) is 22.4 Å². The van der Waals surface area contributed by atoms with Crippen LogP contribution in [0.2, 0.25) is 18.1 Å². The third kappa shape index (κ3) is 9.24. The number of hydrogen-bond acceptors (Lipinski definition) is 13. The second kappa shape index (κ2) is 18.6. The van der Waals surface area contributed by atoms with Crippen LogP contribution >= 0.6 is 17.1 Å². The zero-order valence-electron chi connectivity index (χ0n) is 36.3. The van der Waals surface area contributed by atoms with Gasteiger partial charge in [0.15, 0.2) is 31.5 Å². The Morgan fingerprint density at radius 2 is 1.46 bits per heavy atom. The molecule has 0 spiro atoms. The van der Waals surface area contributed by atoms with Gasteiger partial charge in [-0.1, -0.05) is 105 Å². The largest absolute Gasteiger partial charge is 0.497 e. The highest BCUT2D eigenvalue weighted by Crippen LogP contribution is 2.66. The summed E-state index contributed by atoms with van der Waals surface area (Å²) < 4.78 is 48.3. The molecule has 0 saturated carbocycles. The summed E-state index contributed by atoms with van der Waals surface area (Å²) in [5, 5.41) is 2.74. The normalized spacial score (nSPS) is 21.7. The lowest BCUT2D eigenvalue weighted by Gasteiger charge is -2.41. The first-order valence-corrected chi connectivity index (χ1v) is 27.8. The Morgan fingerprint density at radius 3 is 2.03 bits per heavy atom.